The summed E-state index contributed by atoms with van der Waals surface area (Å²) in [4.78, 5) is 19.1. The molecule has 0 saturated carbocycles. The van der Waals surface area contributed by atoms with E-state index in [-0.39, 0.29) is 16.7 Å². The second kappa shape index (κ2) is 15.4. The van der Waals surface area contributed by atoms with Gasteiger partial charge in [0.15, 0.2) is 11.5 Å². The number of hydrogen-bond donors (Lipinski definition) is 4. The fraction of sp³-hybridized carbons (Fsp3) is 0.333. The zero-order valence-electron chi connectivity index (χ0n) is 20.3. The molecule has 0 amide bonds. The highest BCUT2D eigenvalue weighted by Crippen LogP contribution is 2.26. The van der Waals surface area contributed by atoms with Crippen molar-refractivity contribution in [1.29, 1.82) is 0 Å². The van der Waals surface area contributed by atoms with Gasteiger partial charge in [0, 0.05) is 24.7 Å². The highest BCUT2D eigenvalue weighted by Gasteiger charge is 2.16. The van der Waals surface area contributed by atoms with Crippen LogP contribution in [0, 0.1) is 0 Å². The van der Waals surface area contributed by atoms with Gasteiger partial charge in [0.05, 0.1) is 13.7 Å². The van der Waals surface area contributed by atoms with E-state index in [0.717, 1.165) is 11.3 Å². The maximum absolute atomic E-state index is 11.7. The lowest BCUT2D eigenvalue weighted by atomic mass is 10.1. The Morgan fingerprint density at radius 3 is 2.11 bits per heavy atom. The van der Waals surface area contributed by atoms with E-state index in [1.165, 1.54) is 7.11 Å². The van der Waals surface area contributed by atoms with Gasteiger partial charge in [0.2, 0.25) is 10.0 Å². The first-order chi connectivity index (χ1) is 17.0. The summed E-state index contributed by atoms with van der Waals surface area (Å²) < 4.78 is 39.9. The monoisotopic (exact) mass is 524 g/mol. The predicted molar refractivity (Wildman–Crippen MR) is 133 cm³/mol. The van der Waals surface area contributed by atoms with Crippen molar-refractivity contribution < 1.29 is 42.4 Å². The third kappa shape index (κ3) is 11.7. The molecule has 0 fully saturated rings. The van der Waals surface area contributed by atoms with Crippen LogP contribution in [0.15, 0.2) is 59.5 Å². The minimum atomic E-state index is -3.84. The second-order valence-electron chi connectivity index (χ2n) is 7.33. The summed E-state index contributed by atoms with van der Waals surface area (Å²) >= 11 is 0. The van der Waals surface area contributed by atoms with E-state index < -0.39 is 22.0 Å². The van der Waals surface area contributed by atoms with E-state index in [9.17, 15) is 18.0 Å². The van der Waals surface area contributed by atoms with Crippen LogP contribution in [0.5, 0.6) is 17.2 Å². The molecule has 2 aromatic rings. The summed E-state index contributed by atoms with van der Waals surface area (Å²) in [5.41, 5.74) is 0.854. The molecule has 0 radical (unpaired) electrons. The Hall–Kier alpha value is -3.61. The summed E-state index contributed by atoms with van der Waals surface area (Å²) in [6.07, 6.45) is 1.76. The van der Waals surface area contributed by atoms with Gasteiger partial charge in [0.25, 0.3) is 0 Å². The summed E-state index contributed by atoms with van der Waals surface area (Å²) in [6.45, 7) is 5.66. The van der Waals surface area contributed by atoms with Crippen LogP contribution in [0.1, 0.15) is 19.4 Å². The Balaban J connectivity index is 0.000000697. The molecule has 36 heavy (non-hydrogen) atoms. The number of sulfonamides is 1. The number of carbonyl (C=O) groups is 2. The van der Waals surface area contributed by atoms with Crippen LogP contribution in [0.4, 0.5) is 0 Å². The number of benzene rings is 2. The van der Waals surface area contributed by atoms with E-state index in [2.05, 4.69) is 5.32 Å². The Morgan fingerprint density at radius 1 is 1.03 bits per heavy atom. The number of aliphatic carboxylic acids is 2. The van der Waals surface area contributed by atoms with Crippen LogP contribution in [-0.4, -0.2) is 63.5 Å². The molecule has 1 atom stereocenters. The second-order valence-corrected chi connectivity index (χ2v) is 8.86. The maximum atomic E-state index is 11.7. The zero-order valence-corrected chi connectivity index (χ0v) is 21.2. The normalized spacial score (nSPS) is 11.8. The fourth-order valence-corrected chi connectivity index (χ4v) is 3.70. The van der Waals surface area contributed by atoms with Crippen LogP contribution in [-0.2, 0) is 26.0 Å². The van der Waals surface area contributed by atoms with Crippen molar-refractivity contribution in [3.05, 3.63) is 60.2 Å². The van der Waals surface area contributed by atoms with Gasteiger partial charge < -0.3 is 29.7 Å². The number of hydrogen-bond acceptors (Lipinski definition) is 8. The third-order valence-electron chi connectivity index (χ3n) is 4.45. The number of methoxy groups -OCH3 is 1. The summed E-state index contributed by atoms with van der Waals surface area (Å²) in [5, 5.41) is 24.3. The summed E-state index contributed by atoms with van der Waals surface area (Å²) in [6, 6.07) is 12.7. The van der Waals surface area contributed by atoms with Gasteiger partial charge in [-0.05, 0) is 50.1 Å². The van der Waals surface area contributed by atoms with Crippen LogP contribution in [0.3, 0.4) is 0 Å². The Kier molecular flexibility index (Phi) is 13.0. The van der Waals surface area contributed by atoms with Crippen molar-refractivity contribution in [2.24, 2.45) is 5.14 Å². The quantitative estimate of drug-likeness (QED) is 0.224. The van der Waals surface area contributed by atoms with Crippen molar-refractivity contribution in [3.8, 4) is 17.2 Å². The number of nitrogens with two attached hydrogens (primary N) is 1. The van der Waals surface area contributed by atoms with Crippen LogP contribution in [0.25, 0.3) is 0 Å². The zero-order chi connectivity index (χ0) is 27.1. The van der Waals surface area contributed by atoms with Gasteiger partial charge in [0.1, 0.15) is 17.3 Å². The first-order valence-electron chi connectivity index (χ1n) is 10.9. The lowest BCUT2D eigenvalue weighted by Gasteiger charge is -2.16. The lowest BCUT2D eigenvalue weighted by Crippen LogP contribution is -2.32. The number of nitrogens with one attached hydrogen (secondary N) is 1. The highest BCUT2D eigenvalue weighted by molar-refractivity contribution is 7.89. The molecule has 11 nitrogen and oxygen atoms in total. The van der Waals surface area contributed by atoms with Gasteiger partial charge >= 0.3 is 11.9 Å². The number of carboxylic acid groups (broad SMARTS) is 2. The molecule has 1 unspecified atom stereocenters. The van der Waals surface area contributed by atoms with Crippen molar-refractivity contribution in [2.45, 2.75) is 31.2 Å². The molecule has 0 bridgehead atoms. The van der Waals surface area contributed by atoms with Crippen LogP contribution < -0.4 is 24.7 Å². The molecule has 12 heteroatoms. The number of para-hydroxylation sites is 2. The number of ether oxygens (including phenoxy) is 3. The molecule has 198 valence electrons. The van der Waals surface area contributed by atoms with E-state index >= 15 is 0 Å². The SMILES string of the molecule is CCOc1ccccc1OCCNC(C)Cc1ccc(OC)c(S(N)(=O)=O)c1.O=C(O)/C=C/C(=O)O. The topological polar surface area (TPSA) is 174 Å². The van der Waals surface area contributed by atoms with E-state index in [1.807, 2.05) is 44.2 Å². The van der Waals surface area contributed by atoms with E-state index in [0.29, 0.717) is 44.1 Å². The van der Waals surface area contributed by atoms with Crippen LogP contribution in [0.2, 0.25) is 0 Å². The smallest absolute Gasteiger partial charge is 0.328 e. The van der Waals surface area contributed by atoms with Crippen molar-refractivity contribution in [2.75, 3.05) is 26.9 Å². The Bertz CT molecular complexity index is 1120. The molecular weight excluding hydrogens is 492 g/mol. The maximum Gasteiger partial charge on any atom is 0.328 e. The molecule has 0 aliphatic rings. The van der Waals surface area contributed by atoms with Gasteiger partial charge in [-0.15, -0.1) is 0 Å². The van der Waals surface area contributed by atoms with Gasteiger partial charge in [-0.2, -0.15) is 0 Å². The van der Waals surface area contributed by atoms with Crippen LogP contribution >= 0.6 is 0 Å². The van der Waals surface area contributed by atoms with E-state index in [1.54, 1.807) is 12.1 Å². The molecular formula is C24H32N2O9S. The summed E-state index contributed by atoms with van der Waals surface area (Å²) in [5.74, 6) is -0.827. The van der Waals surface area contributed by atoms with Crippen molar-refractivity contribution in [1.82, 2.24) is 5.32 Å². The number of rotatable bonds is 13. The standard InChI is InChI=1S/C20H28N2O5S.C4H4O4/c1-4-26-17-7-5-6-8-18(17)27-12-11-22-15(2)13-16-9-10-19(25-3)20(14-16)28(21,23)24;5-3(6)1-2-4(7)8/h5-10,14-15,22H,4,11-13H2,1-3H3,(H2,21,23,24);1-2H,(H,5,6)(H,7,8)/b;2-1+. The molecule has 5 N–H and O–H groups in total. The first kappa shape index (κ1) is 30.4. The molecule has 0 aliphatic heterocycles. The molecule has 0 aromatic heterocycles. The average Bonchev–Trinajstić information content (AvgIpc) is 2.81. The fourth-order valence-electron chi connectivity index (χ4n) is 2.95. The Labute approximate surface area is 210 Å². The molecule has 2 rings (SSSR count). The minimum Gasteiger partial charge on any atom is -0.495 e. The molecule has 0 saturated heterocycles. The molecule has 2 aromatic carbocycles. The van der Waals surface area contributed by atoms with Gasteiger partial charge in [-0.1, -0.05) is 18.2 Å². The van der Waals surface area contributed by atoms with Gasteiger partial charge in [-0.25, -0.2) is 23.1 Å². The van der Waals surface area contributed by atoms with E-state index in [4.69, 9.17) is 29.6 Å². The highest BCUT2D eigenvalue weighted by atomic mass is 32.2. The Morgan fingerprint density at radius 2 is 1.61 bits per heavy atom. The average molecular weight is 525 g/mol. The lowest BCUT2D eigenvalue weighted by molar-refractivity contribution is -0.134. The molecule has 0 aliphatic carbocycles. The van der Waals surface area contributed by atoms with Gasteiger partial charge in [-0.3, -0.25) is 0 Å². The predicted octanol–water partition coefficient (Wildman–Crippen LogP) is 2.05. The first-order valence-corrected chi connectivity index (χ1v) is 12.4. The molecule has 0 heterocycles. The van der Waals surface area contributed by atoms with Crippen molar-refractivity contribution in [3.63, 3.8) is 0 Å². The van der Waals surface area contributed by atoms with Crippen molar-refractivity contribution >= 4 is 22.0 Å². The minimum absolute atomic E-state index is 0.00411. The number of primary sulfonamides is 1. The molecule has 0 spiro atoms. The third-order valence-corrected chi connectivity index (χ3v) is 5.38. The summed E-state index contributed by atoms with van der Waals surface area (Å²) in [7, 11) is -2.43. The number of carboxylic acids is 2. The largest absolute Gasteiger partial charge is 0.495 e.